The van der Waals surface area contributed by atoms with Gasteiger partial charge in [0.15, 0.2) is 0 Å². The van der Waals surface area contributed by atoms with Gasteiger partial charge in [-0.15, -0.1) is 0 Å². The average Bonchev–Trinajstić information content (AvgIpc) is 2.70. The summed E-state index contributed by atoms with van der Waals surface area (Å²) in [6.45, 7) is 5.87. The Labute approximate surface area is 110 Å². The highest BCUT2D eigenvalue weighted by Gasteiger charge is 2.36. The van der Waals surface area contributed by atoms with Crippen molar-refractivity contribution in [3.8, 4) is 0 Å². The van der Waals surface area contributed by atoms with Gasteiger partial charge in [-0.1, -0.05) is 6.92 Å². The van der Waals surface area contributed by atoms with E-state index in [2.05, 4.69) is 19.2 Å². The predicted molar refractivity (Wildman–Crippen MR) is 71.5 cm³/mol. The Morgan fingerprint density at radius 1 is 1.28 bits per heavy atom. The first-order valence-electron chi connectivity index (χ1n) is 7.37. The van der Waals surface area contributed by atoms with Crippen molar-refractivity contribution in [3.63, 3.8) is 0 Å². The Morgan fingerprint density at radius 3 is 2.50 bits per heavy atom. The van der Waals surface area contributed by atoms with Crippen LogP contribution in [0.2, 0.25) is 0 Å². The van der Waals surface area contributed by atoms with Crippen LogP contribution in [0.1, 0.15) is 46.0 Å². The number of likely N-dealkylation sites (N-methyl/N-ethyl adjacent to an activating group) is 1. The maximum absolute atomic E-state index is 12.2. The zero-order chi connectivity index (χ0) is 13.0. The van der Waals surface area contributed by atoms with E-state index in [4.69, 9.17) is 4.74 Å². The third kappa shape index (κ3) is 3.23. The molecule has 4 nitrogen and oxygen atoms in total. The number of ether oxygens (including phenoxy) is 1. The van der Waals surface area contributed by atoms with E-state index >= 15 is 0 Å². The van der Waals surface area contributed by atoms with Crippen molar-refractivity contribution in [2.45, 2.75) is 64.1 Å². The van der Waals surface area contributed by atoms with Crippen molar-refractivity contribution in [1.29, 1.82) is 0 Å². The Bertz CT molecular complexity index is 271. The molecule has 2 fully saturated rings. The van der Waals surface area contributed by atoms with E-state index in [9.17, 15) is 4.79 Å². The minimum absolute atomic E-state index is 0.164. The van der Waals surface area contributed by atoms with Crippen LogP contribution < -0.4 is 5.32 Å². The second kappa shape index (κ2) is 6.53. The highest BCUT2D eigenvalue weighted by molar-refractivity contribution is 5.77. The van der Waals surface area contributed by atoms with Crippen LogP contribution in [0.5, 0.6) is 0 Å². The van der Waals surface area contributed by atoms with Gasteiger partial charge < -0.3 is 15.0 Å². The fourth-order valence-corrected chi connectivity index (χ4v) is 3.31. The lowest BCUT2D eigenvalue weighted by Gasteiger charge is -2.37. The standard InChI is InChI=1S/C14H26N2O2/c1-3-7-18-10-14(17)16(4-2)13-8-11-5-6-12(9-13)15-11/h11-13,15H,3-10H2,1-2H3. The summed E-state index contributed by atoms with van der Waals surface area (Å²) in [5.74, 6) is 0.164. The van der Waals surface area contributed by atoms with E-state index in [0.29, 0.717) is 24.7 Å². The van der Waals surface area contributed by atoms with Crippen LogP contribution in [0, 0.1) is 0 Å². The number of nitrogens with zero attached hydrogens (tertiary/aromatic N) is 1. The van der Waals surface area contributed by atoms with E-state index in [1.165, 1.54) is 12.8 Å². The zero-order valence-corrected chi connectivity index (χ0v) is 11.7. The highest BCUT2D eigenvalue weighted by atomic mass is 16.5. The van der Waals surface area contributed by atoms with Gasteiger partial charge in [0.05, 0.1) is 0 Å². The Morgan fingerprint density at radius 2 is 1.94 bits per heavy atom. The molecule has 104 valence electrons. The van der Waals surface area contributed by atoms with Crippen LogP contribution in [0.4, 0.5) is 0 Å². The minimum Gasteiger partial charge on any atom is -0.372 e. The van der Waals surface area contributed by atoms with Crippen LogP contribution in [0.25, 0.3) is 0 Å². The molecule has 0 aromatic rings. The largest absolute Gasteiger partial charge is 0.372 e. The topological polar surface area (TPSA) is 41.6 Å². The van der Waals surface area contributed by atoms with E-state index in [1.54, 1.807) is 0 Å². The Kier molecular flexibility index (Phi) is 5.01. The lowest BCUT2D eigenvalue weighted by atomic mass is 9.98. The second-order valence-corrected chi connectivity index (χ2v) is 5.50. The molecule has 2 heterocycles. The van der Waals surface area contributed by atoms with Crippen LogP contribution in [-0.4, -0.2) is 48.7 Å². The quantitative estimate of drug-likeness (QED) is 0.731. The van der Waals surface area contributed by atoms with Crippen LogP contribution in [0.3, 0.4) is 0 Å². The smallest absolute Gasteiger partial charge is 0.248 e. The molecule has 2 bridgehead atoms. The molecule has 4 heteroatoms. The zero-order valence-electron chi connectivity index (χ0n) is 11.7. The van der Waals surface area contributed by atoms with Gasteiger partial charge >= 0.3 is 0 Å². The summed E-state index contributed by atoms with van der Waals surface area (Å²) in [7, 11) is 0. The number of fused-ring (bicyclic) bond motifs is 2. The summed E-state index contributed by atoms with van der Waals surface area (Å²) in [5, 5.41) is 3.62. The minimum atomic E-state index is 0.164. The number of carbonyl (C=O) groups excluding carboxylic acids is 1. The maximum Gasteiger partial charge on any atom is 0.248 e. The first kappa shape index (κ1) is 13.8. The summed E-state index contributed by atoms with van der Waals surface area (Å²) in [6.07, 6.45) is 5.75. The normalized spacial score (nSPS) is 30.4. The lowest BCUT2D eigenvalue weighted by molar-refractivity contribution is -0.139. The average molecular weight is 254 g/mol. The van der Waals surface area contributed by atoms with Crippen molar-refractivity contribution in [1.82, 2.24) is 10.2 Å². The number of piperidine rings is 1. The van der Waals surface area contributed by atoms with Gasteiger partial charge in [0.1, 0.15) is 6.61 Å². The fraction of sp³-hybridized carbons (Fsp3) is 0.929. The first-order valence-corrected chi connectivity index (χ1v) is 7.37. The van der Waals surface area contributed by atoms with Gasteiger partial charge in [-0.2, -0.15) is 0 Å². The molecular weight excluding hydrogens is 228 g/mol. The molecule has 0 saturated carbocycles. The van der Waals surface area contributed by atoms with Gasteiger partial charge in [0.25, 0.3) is 0 Å². The number of carbonyl (C=O) groups is 1. The predicted octanol–water partition coefficient (Wildman–Crippen LogP) is 1.54. The van der Waals surface area contributed by atoms with Gasteiger partial charge in [-0.05, 0) is 39.0 Å². The number of amides is 1. The molecule has 2 aliphatic heterocycles. The molecule has 0 spiro atoms. The van der Waals surface area contributed by atoms with E-state index in [-0.39, 0.29) is 12.5 Å². The molecule has 1 N–H and O–H groups in total. The molecule has 2 saturated heterocycles. The van der Waals surface area contributed by atoms with E-state index in [0.717, 1.165) is 25.8 Å². The molecule has 0 aromatic heterocycles. The molecule has 0 aromatic carbocycles. The SMILES string of the molecule is CCCOCC(=O)N(CC)C1CC2CCC(C1)N2. The van der Waals surface area contributed by atoms with Crippen molar-refractivity contribution in [3.05, 3.63) is 0 Å². The summed E-state index contributed by atoms with van der Waals surface area (Å²) >= 11 is 0. The lowest BCUT2D eigenvalue weighted by Crippen LogP contribution is -2.51. The van der Waals surface area contributed by atoms with Crippen molar-refractivity contribution < 1.29 is 9.53 Å². The number of hydrogen-bond acceptors (Lipinski definition) is 3. The summed E-state index contributed by atoms with van der Waals surface area (Å²) in [4.78, 5) is 14.2. The van der Waals surface area contributed by atoms with Crippen LogP contribution in [0.15, 0.2) is 0 Å². The maximum atomic E-state index is 12.2. The number of hydrogen-bond donors (Lipinski definition) is 1. The second-order valence-electron chi connectivity index (χ2n) is 5.50. The van der Waals surface area contributed by atoms with Gasteiger partial charge in [0.2, 0.25) is 5.91 Å². The van der Waals surface area contributed by atoms with Crippen molar-refractivity contribution in [2.75, 3.05) is 19.8 Å². The summed E-state index contributed by atoms with van der Waals surface area (Å²) in [5.41, 5.74) is 0. The van der Waals surface area contributed by atoms with E-state index < -0.39 is 0 Å². The molecule has 2 rings (SSSR count). The van der Waals surface area contributed by atoms with Crippen molar-refractivity contribution >= 4 is 5.91 Å². The molecule has 18 heavy (non-hydrogen) atoms. The van der Waals surface area contributed by atoms with E-state index in [1.807, 2.05) is 4.90 Å². The third-order valence-electron chi connectivity index (χ3n) is 4.12. The summed E-state index contributed by atoms with van der Waals surface area (Å²) in [6, 6.07) is 1.69. The molecule has 1 amide bonds. The Hall–Kier alpha value is -0.610. The molecular formula is C14H26N2O2. The molecule has 2 aliphatic rings. The van der Waals surface area contributed by atoms with Crippen LogP contribution in [-0.2, 0) is 9.53 Å². The number of nitrogens with one attached hydrogen (secondary N) is 1. The highest BCUT2D eigenvalue weighted by Crippen LogP contribution is 2.29. The van der Waals surface area contributed by atoms with Crippen LogP contribution >= 0.6 is 0 Å². The van der Waals surface area contributed by atoms with Gasteiger partial charge in [-0.25, -0.2) is 0 Å². The summed E-state index contributed by atoms with van der Waals surface area (Å²) < 4.78 is 5.38. The molecule has 2 unspecified atom stereocenters. The third-order valence-corrected chi connectivity index (χ3v) is 4.12. The number of rotatable bonds is 6. The monoisotopic (exact) mass is 254 g/mol. The first-order chi connectivity index (χ1) is 8.74. The molecule has 2 atom stereocenters. The Balaban J connectivity index is 1.85. The molecule has 0 radical (unpaired) electrons. The van der Waals surface area contributed by atoms with Crippen molar-refractivity contribution in [2.24, 2.45) is 0 Å². The van der Waals surface area contributed by atoms with Gasteiger partial charge in [0, 0.05) is 31.3 Å². The van der Waals surface area contributed by atoms with Gasteiger partial charge in [-0.3, -0.25) is 4.79 Å². The molecule has 0 aliphatic carbocycles. The fourth-order valence-electron chi connectivity index (χ4n) is 3.31.